The number of unbranched alkanes of at least 4 members (excludes halogenated alkanes) is 4. The molecule has 2 amide bonds. The van der Waals surface area contributed by atoms with Crippen LogP contribution in [0, 0.1) is 6.92 Å². The summed E-state index contributed by atoms with van der Waals surface area (Å²) in [6.07, 6.45) is 18.8. The number of piperazine rings is 2. The van der Waals surface area contributed by atoms with Gasteiger partial charge in [0.1, 0.15) is 58.9 Å². The molecule has 22 nitrogen and oxygen atoms in total. The third kappa shape index (κ3) is 71.5. The van der Waals surface area contributed by atoms with Crippen LogP contribution in [0.1, 0.15) is 182 Å². The second kappa shape index (κ2) is 79.9. The molecule has 119 heavy (non-hydrogen) atoms. The fourth-order valence-corrected chi connectivity index (χ4v) is 11.2. The topological polar surface area (TPSA) is 241 Å². The van der Waals surface area contributed by atoms with Crippen molar-refractivity contribution in [3.8, 4) is 28.4 Å². The number of H-pyrrole nitrogens is 1. The van der Waals surface area contributed by atoms with Gasteiger partial charge in [-0.1, -0.05) is 267 Å². The van der Waals surface area contributed by atoms with Gasteiger partial charge in [-0.15, -0.1) is 0 Å². The predicted molar refractivity (Wildman–Crippen MR) is 584 cm³/mol. The molecule has 2 aliphatic rings. The quantitative estimate of drug-likeness (QED) is 0.0120. The van der Waals surface area contributed by atoms with Crippen LogP contribution in [0.25, 0.3) is 44.6 Å². The first-order valence-corrected chi connectivity index (χ1v) is 76.7. The van der Waals surface area contributed by atoms with Gasteiger partial charge in [0.15, 0.2) is 0 Å². The van der Waals surface area contributed by atoms with Crippen molar-refractivity contribution in [3.05, 3.63) is 89.0 Å². The molecule has 0 spiro atoms. The molecule has 8 rings (SSSR count). The van der Waals surface area contributed by atoms with Crippen molar-refractivity contribution in [3.63, 3.8) is 0 Å². The maximum absolute atomic E-state index is 12.3. The minimum absolute atomic E-state index is 0.143. The summed E-state index contributed by atoms with van der Waals surface area (Å²) in [5.41, 5.74) is 3.98. The summed E-state index contributed by atoms with van der Waals surface area (Å²) < 4.78 is 35.6. The van der Waals surface area contributed by atoms with E-state index in [1.807, 2.05) is 74.9 Å². The van der Waals surface area contributed by atoms with Crippen molar-refractivity contribution in [2.24, 2.45) is 0 Å². The Morgan fingerprint density at radius 3 is 1.24 bits per heavy atom. The van der Waals surface area contributed by atoms with Crippen LogP contribution in [-0.2, 0) is 46.8 Å². The molecule has 0 saturated carbocycles. The van der Waals surface area contributed by atoms with Gasteiger partial charge in [-0.2, -0.15) is 6.92 Å². The molecule has 0 aromatic carbocycles. The second-order valence-corrected chi connectivity index (χ2v) is 99.0. The number of carbonyl (C=O) groups is 2. The van der Waals surface area contributed by atoms with Crippen LogP contribution in [0.4, 0.5) is 9.59 Å². The molecule has 2 saturated heterocycles. The average Bonchev–Trinajstić information content (AvgIpc) is 1.64. The van der Waals surface area contributed by atoms with Crippen LogP contribution in [0.3, 0.4) is 0 Å². The molecule has 691 valence electrons. The summed E-state index contributed by atoms with van der Waals surface area (Å²) in [4.78, 5) is 67.3. The number of hydrogen-bond donors (Lipinski definition) is 3. The van der Waals surface area contributed by atoms with E-state index in [0.29, 0.717) is 97.3 Å². The molecule has 0 unspecified atom stereocenters. The maximum atomic E-state index is 12.3. The van der Waals surface area contributed by atoms with E-state index in [-0.39, 0.29) is 29.3 Å². The number of β-amino-alcohol motifs (C(OH)–C–C–N with tert-alkyl or cyclic N) is 1. The summed E-state index contributed by atoms with van der Waals surface area (Å²) in [6.45, 7) is 62.5. The minimum atomic E-state index is -1.19. The summed E-state index contributed by atoms with van der Waals surface area (Å²) in [6, 6.07) is 13.2. The number of rotatable bonds is 25. The summed E-state index contributed by atoms with van der Waals surface area (Å²) >= 11 is 34.2. The number of halogens is 11. The molecule has 3 N–H and O–H groups in total. The number of hydrogen-bond acceptors (Lipinski definition) is 17. The number of ether oxygens (including phenoxy) is 5. The molecule has 0 bridgehead atoms. The van der Waals surface area contributed by atoms with Gasteiger partial charge in [0.25, 0.3) is 0 Å². The number of nitrogens with one attached hydrogen (secondary N) is 1. The Labute approximate surface area is 852 Å². The van der Waals surface area contributed by atoms with E-state index in [2.05, 4.69) is 345 Å². The molecule has 0 atom stereocenters. The van der Waals surface area contributed by atoms with E-state index in [4.69, 9.17) is 57.1 Å². The molecular weight excluding hydrogens is 2680 g/mol. The number of alkyl halides is 4. The van der Waals surface area contributed by atoms with Gasteiger partial charge in [-0.25, -0.2) is 34.5 Å². The molecule has 8 heterocycles. The molecule has 2 aliphatic heterocycles. The Hall–Kier alpha value is 2.19. The van der Waals surface area contributed by atoms with Crippen molar-refractivity contribution in [2.45, 2.75) is 264 Å². The third-order valence-corrected chi connectivity index (χ3v) is 21.9. The van der Waals surface area contributed by atoms with Gasteiger partial charge in [0, 0.05) is 141 Å². The van der Waals surface area contributed by atoms with Crippen molar-refractivity contribution in [1.29, 1.82) is 0 Å². The first-order chi connectivity index (χ1) is 56.0. The van der Waals surface area contributed by atoms with E-state index in [9.17, 15) is 14.4 Å². The number of amides is 2. The molecule has 2 fully saturated rings. The van der Waals surface area contributed by atoms with Crippen molar-refractivity contribution in [1.82, 2.24) is 58.6 Å². The van der Waals surface area contributed by atoms with Crippen molar-refractivity contribution < 1.29 is 57.9 Å². The van der Waals surface area contributed by atoms with Crippen LogP contribution in [0.15, 0.2) is 66.2 Å². The number of carbonyl (C=O) groups excluding carboxylic acids is 2. The van der Waals surface area contributed by atoms with E-state index < -0.39 is 27.3 Å². The fraction of sp³-hybridized carbons (Fsp3) is 0.695. The van der Waals surface area contributed by atoms with Gasteiger partial charge in [-0.3, -0.25) is 14.6 Å². The summed E-state index contributed by atoms with van der Waals surface area (Å²) in [5.74, 6) is 0.579. The zero-order chi connectivity index (χ0) is 92.3. The first kappa shape index (κ1) is 130. The number of nitrogens with zero attached hydrogens (tertiary/aromatic N) is 11. The SMILES string of the molecule is CC(C)(C)OC(=O)N1CCN(CCCOc2ccc(-c3cc4c(Cl)ncnc4n3COCC[Si](C)(C)C)cn2)CC1.CC(C)(C)OC(=O)N1CCN(CCO)CC1.CC(C)I.CCC.CCC(I)I.CCCCC.CCCCC.CCCI.CO.C[Si](C)(C)CCOCn1c(-c2ccc(=O)[nH]c2)cc2c(Cl)ncnc21.[CH2-]C.[I][V]([I])[I].[I][V][I]. The van der Waals surface area contributed by atoms with Crippen LogP contribution in [-0.4, -0.2) is 218 Å². The Morgan fingerprint density at radius 1 is 0.605 bits per heavy atom. The standard InChI is InChI=1S/C29H43ClN6O4Si.C17H21ClN4O2Si.C11H22N2O3.2C5H12.C3H6I2.2C3H7I.C3H8.C2H5.CH4O.5HI.2V/c1-29(2,3)40-28(37)35-13-11-34(12-14-35)10-7-15-39-25-9-8-22(19-31-25)24-18-23-26(30)32-20-33-27(23)36(24)21-38-16-17-41(4,5)6;1-25(2,3)7-6-24-11-22-14(12-4-5-15(23)19-9-12)8-13-16(18)20-10-21-17(13)22;1-11(2,3)16-10(15)13-6-4-12(5-7-13)8-9-14;2*1-3-5-4-2;1-2-3(4)5;1-3(2)4;1-2-3-4;1-3-2;2*1-2;;;;;;;/h8-9,18-20H,7,10-17,21H2,1-6H3;4-5,8-10H,6-7,11H2,1-3H3,(H,19,23);14H,4-9H2,1-3H3;2*3-5H2,1-2H3;3H,2H2,1H3;3H,1-2H3;2-3H2,1H3;3H2,1-2H3;1H2,2H3;2H,1H3;5*1H;;/q;;;;;;;;;-1;;;;;;;+2;+3/p-5. The fourth-order valence-electron chi connectivity index (χ4n) is 9.34. The van der Waals surface area contributed by atoms with E-state index in [1.54, 1.807) is 35.2 Å². The monoisotopic (exact) mass is 2830 g/mol. The number of fused-ring (bicyclic) bond motifs is 2. The van der Waals surface area contributed by atoms with Gasteiger partial charge >= 0.3 is 126 Å². The molecule has 6 aromatic heterocycles. The number of aromatic amines is 1. The van der Waals surface area contributed by atoms with Crippen LogP contribution in [0.5, 0.6) is 5.88 Å². The number of aliphatic hydroxyl groups is 2. The van der Waals surface area contributed by atoms with Crippen LogP contribution >= 0.6 is 213 Å². The molecule has 0 aliphatic carbocycles. The number of aromatic nitrogens is 8. The summed E-state index contributed by atoms with van der Waals surface area (Å²) in [5, 5.41) is 18.2. The van der Waals surface area contributed by atoms with Crippen LogP contribution in [0.2, 0.25) is 61.7 Å². The zero-order valence-corrected chi connectivity index (χ0v) is 101. The third-order valence-electron chi connectivity index (χ3n) is 15.1. The zero-order valence-electron chi connectivity index (χ0n) is 75.8. The van der Waals surface area contributed by atoms with Gasteiger partial charge < -0.3 is 64.7 Å². The normalized spacial score (nSPS) is 12.5. The van der Waals surface area contributed by atoms with Gasteiger partial charge in [-0.05, 0) is 102 Å². The molecule has 0 radical (unpaired) electrons. The van der Waals surface area contributed by atoms with Crippen molar-refractivity contribution in [2.75, 3.05) is 103 Å². The Balaban J connectivity index is -0.000000472. The predicted octanol–water partition coefficient (Wildman–Crippen LogP) is 27.0. The Kier molecular flexibility index (Phi) is 87.1. The second-order valence-electron chi connectivity index (χ2n) is 31.0. The van der Waals surface area contributed by atoms with Gasteiger partial charge in [0.2, 0.25) is 11.4 Å². The molecule has 37 heteroatoms. The Morgan fingerprint density at radius 2 is 0.958 bits per heavy atom. The molecular formula is C82H147Cl2I9N12O10Si2V2-. The number of aliphatic hydroxyl groups excluding tert-OH is 2. The van der Waals surface area contributed by atoms with Crippen molar-refractivity contribution >= 4 is 264 Å². The van der Waals surface area contributed by atoms with E-state index in [0.717, 1.165) is 103 Å². The van der Waals surface area contributed by atoms with E-state index >= 15 is 0 Å². The van der Waals surface area contributed by atoms with Crippen LogP contribution < -0.4 is 10.3 Å². The number of pyridine rings is 2. The van der Waals surface area contributed by atoms with E-state index in [1.165, 1.54) is 80.9 Å². The first-order valence-electron chi connectivity index (χ1n) is 40.8. The molecule has 6 aromatic rings. The van der Waals surface area contributed by atoms with Gasteiger partial charge in [0.05, 0.1) is 37.3 Å². The average molecular weight is 2830 g/mol. The Bertz CT molecular complexity index is 3440. The summed E-state index contributed by atoms with van der Waals surface area (Å²) in [7, 11) is -0.709.